The highest BCUT2D eigenvalue weighted by Crippen LogP contribution is 2.31. The van der Waals surface area contributed by atoms with Crippen LogP contribution < -0.4 is 4.74 Å². The van der Waals surface area contributed by atoms with Crippen molar-refractivity contribution in [3.05, 3.63) is 63.6 Å². The van der Waals surface area contributed by atoms with Gasteiger partial charge in [-0.1, -0.05) is 41.4 Å². The number of carbonyl (C=O) groups is 1. The van der Waals surface area contributed by atoms with Crippen LogP contribution in [0.4, 0.5) is 0 Å². The van der Waals surface area contributed by atoms with Crippen LogP contribution in [0.1, 0.15) is 15.9 Å². The van der Waals surface area contributed by atoms with E-state index < -0.39 is 5.97 Å². The van der Waals surface area contributed by atoms with Crippen molar-refractivity contribution in [2.45, 2.75) is 6.61 Å². The number of hydrogen-bond acceptors (Lipinski definition) is 2. The number of carboxylic acids is 1. The molecule has 1 N–H and O–H groups in total. The fourth-order valence-corrected chi connectivity index (χ4v) is 1.85. The number of aromatic carboxylic acids is 1. The van der Waals surface area contributed by atoms with E-state index in [0.29, 0.717) is 22.4 Å². The summed E-state index contributed by atoms with van der Waals surface area (Å²) in [5.74, 6) is -0.457. The predicted octanol–water partition coefficient (Wildman–Crippen LogP) is 4.27. The molecular formula is C14H10Cl2O3. The molecule has 2 aromatic carbocycles. The topological polar surface area (TPSA) is 46.5 Å². The lowest BCUT2D eigenvalue weighted by Crippen LogP contribution is -1.99. The van der Waals surface area contributed by atoms with Gasteiger partial charge in [0.05, 0.1) is 10.6 Å². The van der Waals surface area contributed by atoms with E-state index in [-0.39, 0.29) is 5.56 Å². The van der Waals surface area contributed by atoms with Crippen LogP contribution in [0.5, 0.6) is 5.75 Å². The fraction of sp³-hybridized carbons (Fsp3) is 0.0714. The van der Waals surface area contributed by atoms with Crippen LogP contribution in [-0.4, -0.2) is 11.1 Å². The van der Waals surface area contributed by atoms with Gasteiger partial charge in [-0.05, 0) is 29.8 Å². The molecule has 2 aromatic rings. The zero-order valence-electron chi connectivity index (χ0n) is 9.77. The standard InChI is InChI=1S/C14H10Cl2O3/c15-11-2-1-3-12(13(11)16)19-8-9-4-6-10(7-5-9)14(17)18/h1-7H,8H2,(H,17,18). The molecule has 0 heterocycles. The second kappa shape index (κ2) is 5.95. The molecule has 0 saturated heterocycles. The first-order valence-electron chi connectivity index (χ1n) is 5.47. The van der Waals surface area contributed by atoms with E-state index in [4.69, 9.17) is 33.0 Å². The molecule has 98 valence electrons. The first-order chi connectivity index (χ1) is 9.08. The number of benzene rings is 2. The zero-order chi connectivity index (χ0) is 13.8. The summed E-state index contributed by atoms with van der Waals surface area (Å²) in [6, 6.07) is 11.6. The van der Waals surface area contributed by atoms with Crippen molar-refractivity contribution in [2.24, 2.45) is 0 Å². The summed E-state index contributed by atoms with van der Waals surface area (Å²) in [4.78, 5) is 10.7. The van der Waals surface area contributed by atoms with Gasteiger partial charge in [0, 0.05) is 0 Å². The maximum Gasteiger partial charge on any atom is 0.335 e. The summed E-state index contributed by atoms with van der Waals surface area (Å²) >= 11 is 11.9. The highest BCUT2D eigenvalue weighted by Gasteiger charge is 2.06. The molecule has 0 fully saturated rings. The van der Waals surface area contributed by atoms with Crippen LogP contribution in [0.2, 0.25) is 10.0 Å². The van der Waals surface area contributed by atoms with Crippen LogP contribution in [0.25, 0.3) is 0 Å². The summed E-state index contributed by atoms with van der Waals surface area (Å²) in [6.45, 7) is 0.292. The minimum atomic E-state index is -0.953. The number of hydrogen-bond donors (Lipinski definition) is 1. The van der Waals surface area contributed by atoms with Gasteiger partial charge in [0.15, 0.2) is 0 Å². The Morgan fingerprint density at radius 3 is 2.42 bits per heavy atom. The van der Waals surface area contributed by atoms with E-state index in [1.165, 1.54) is 12.1 Å². The van der Waals surface area contributed by atoms with Gasteiger partial charge in [-0.15, -0.1) is 0 Å². The molecule has 0 unspecified atom stereocenters. The van der Waals surface area contributed by atoms with E-state index in [9.17, 15) is 4.79 Å². The fourth-order valence-electron chi connectivity index (χ4n) is 1.50. The molecule has 0 aliphatic carbocycles. The SMILES string of the molecule is O=C(O)c1ccc(COc2cccc(Cl)c2Cl)cc1. The summed E-state index contributed by atoms with van der Waals surface area (Å²) in [5, 5.41) is 9.59. The van der Waals surface area contributed by atoms with Gasteiger partial charge < -0.3 is 9.84 Å². The lowest BCUT2D eigenvalue weighted by Gasteiger charge is -2.09. The van der Waals surface area contributed by atoms with Crippen LogP contribution in [0.15, 0.2) is 42.5 Å². The highest BCUT2D eigenvalue weighted by atomic mass is 35.5. The molecule has 2 rings (SSSR count). The van der Waals surface area contributed by atoms with E-state index in [0.717, 1.165) is 5.56 Å². The second-order valence-corrected chi connectivity index (χ2v) is 4.63. The van der Waals surface area contributed by atoms with Crippen molar-refractivity contribution >= 4 is 29.2 Å². The maximum absolute atomic E-state index is 10.7. The quantitative estimate of drug-likeness (QED) is 0.916. The van der Waals surface area contributed by atoms with Crippen LogP contribution >= 0.6 is 23.2 Å². The molecule has 0 atom stereocenters. The van der Waals surface area contributed by atoms with Crippen molar-refractivity contribution in [2.75, 3.05) is 0 Å². The van der Waals surface area contributed by atoms with Crippen molar-refractivity contribution < 1.29 is 14.6 Å². The molecule has 0 aliphatic heterocycles. The number of halogens is 2. The molecule has 0 radical (unpaired) electrons. The number of rotatable bonds is 4. The summed E-state index contributed by atoms with van der Waals surface area (Å²) in [5.41, 5.74) is 1.09. The van der Waals surface area contributed by atoms with Crippen LogP contribution in [0, 0.1) is 0 Å². The third-order valence-electron chi connectivity index (χ3n) is 2.51. The lowest BCUT2D eigenvalue weighted by atomic mass is 10.1. The van der Waals surface area contributed by atoms with Gasteiger partial charge in [0.2, 0.25) is 0 Å². The lowest BCUT2D eigenvalue weighted by molar-refractivity contribution is 0.0697. The van der Waals surface area contributed by atoms with E-state index >= 15 is 0 Å². The Hall–Kier alpha value is -1.71. The van der Waals surface area contributed by atoms with Gasteiger partial charge in [0.25, 0.3) is 0 Å². The van der Waals surface area contributed by atoms with Gasteiger partial charge in [-0.3, -0.25) is 0 Å². The average Bonchev–Trinajstić information content (AvgIpc) is 2.41. The van der Waals surface area contributed by atoms with Gasteiger partial charge in [-0.2, -0.15) is 0 Å². The minimum Gasteiger partial charge on any atom is -0.487 e. The Morgan fingerprint density at radius 1 is 1.11 bits per heavy atom. The molecule has 3 nitrogen and oxygen atoms in total. The Morgan fingerprint density at radius 2 is 1.79 bits per heavy atom. The first kappa shape index (κ1) is 13.7. The van der Waals surface area contributed by atoms with Crippen molar-refractivity contribution in [3.8, 4) is 5.75 Å². The number of ether oxygens (including phenoxy) is 1. The van der Waals surface area contributed by atoms with E-state index in [1.807, 2.05) is 0 Å². The molecule has 19 heavy (non-hydrogen) atoms. The number of carboxylic acid groups (broad SMARTS) is 1. The third-order valence-corrected chi connectivity index (χ3v) is 3.31. The Bertz CT molecular complexity index is 594. The van der Waals surface area contributed by atoms with E-state index in [1.54, 1.807) is 30.3 Å². The molecule has 0 spiro atoms. The smallest absolute Gasteiger partial charge is 0.335 e. The summed E-state index contributed by atoms with van der Waals surface area (Å²) in [6.07, 6.45) is 0. The molecule has 0 bridgehead atoms. The van der Waals surface area contributed by atoms with Crippen molar-refractivity contribution in [1.29, 1.82) is 0 Å². The second-order valence-electron chi connectivity index (χ2n) is 3.84. The van der Waals surface area contributed by atoms with Crippen molar-refractivity contribution in [3.63, 3.8) is 0 Å². The monoisotopic (exact) mass is 296 g/mol. The maximum atomic E-state index is 10.7. The largest absolute Gasteiger partial charge is 0.487 e. The summed E-state index contributed by atoms with van der Waals surface area (Å²) in [7, 11) is 0. The summed E-state index contributed by atoms with van der Waals surface area (Å²) < 4.78 is 5.54. The molecule has 5 heteroatoms. The average molecular weight is 297 g/mol. The van der Waals surface area contributed by atoms with Crippen LogP contribution in [-0.2, 0) is 6.61 Å². The van der Waals surface area contributed by atoms with Gasteiger partial charge >= 0.3 is 5.97 Å². The molecule has 0 aromatic heterocycles. The molecule has 0 aliphatic rings. The Labute approximate surface area is 120 Å². The van der Waals surface area contributed by atoms with E-state index in [2.05, 4.69) is 0 Å². The highest BCUT2D eigenvalue weighted by molar-refractivity contribution is 6.42. The minimum absolute atomic E-state index is 0.240. The first-order valence-corrected chi connectivity index (χ1v) is 6.22. The molecular weight excluding hydrogens is 287 g/mol. The Kier molecular flexibility index (Phi) is 4.30. The normalized spacial score (nSPS) is 10.2. The molecule has 0 amide bonds. The zero-order valence-corrected chi connectivity index (χ0v) is 11.3. The molecule has 0 saturated carbocycles. The van der Waals surface area contributed by atoms with Crippen LogP contribution in [0.3, 0.4) is 0 Å². The predicted molar refractivity (Wildman–Crippen MR) is 74.2 cm³/mol. The van der Waals surface area contributed by atoms with Gasteiger partial charge in [-0.25, -0.2) is 4.79 Å². The van der Waals surface area contributed by atoms with Gasteiger partial charge in [0.1, 0.15) is 17.4 Å². The Balaban J connectivity index is 2.06. The third kappa shape index (κ3) is 3.40. The van der Waals surface area contributed by atoms with Crippen molar-refractivity contribution in [1.82, 2.24) is 0 Å².